The van der Waals surface area contributed by atoms with E-state index in [-0.39, 0.29) is 6.03 Å². The Hall–Kier alpha value is -2.64. The highest BCUT2D eigenvalue weighted by Gasteiger charge is 2.24. The van der Waals surface area contributed by atoms with Gasteiger partial charge >= 0.3 is 6.03 Å². The number of hydrogen-bond donors (Lipinski definition) is 1. The molecule has 2 aromatic rings. The smallest absolute Gasteiger partial charge is 0.321 e. The fourth-order valence-corrected chi connectivity index (χ4v) is 4.21. The van der Waals surface area contributed by atoms with Crippen molar-refractivity contribution >= 4 is 17.4 Å². The van der Waals surface area contributed by atoms with Gasteiger partial charge in [-0.15, -0.1) is 0 Å². The van der Waals surface area contributed by atoms with Crippen molar-refractivity contribution in [1.29, 1.82) is 0 Å². The number of aromatic nitrogens is 1. The van der Waals surface area contributed by atoms with Gasteiger partial charge in [0.25, 0.3) is 0 Å². The molecule has 0 bridgehead atoms. The number of nitrogens with zero attached hydrogens (tertiary/aromatic N) is 5. The first-order valence-electron chi connectivity index (χ1n) is 10.8. The minimum absolute atomic E-state index is 0.0137. The molecule has 0 spiro atoms. The van der Waals surface area contributed by atoms with Crippen LogP contribution in [0.15, 0.2) is 48.8 Å². The predicted octanol–water partition coefficient (Wildman–Crippen LogP) is 2.57. The molecule has 2 amide bonds. The molecule has 0 radical (unpaired) electrons. The Kier molecular flexibility index (Phi) is 6.50. The standard InChI is InChI=1S/C23H32N6O/c1-26(2)22-9-12-29(18-22)21-5-3-20(4-6-21)25-23(30)28-15-13-27(14-16-28)17-19-7-10-24-11-8-19/h3-8,10-11,22H,9,12-18H2,1-2H3,(H,25,30). The molecule has 7 nitrogen and oxygen atoms in total. The van der Waals surface area contributed by atoms with Crippen LogP contribution in [0.25, 0.3) is 0 Å². The van der Waals surface area contributed by atoms with Gasteiger partial charge in [0, 0.05) is 75.6 Å². The first kappa shape index (κ1) is 20.6. The van der Waals surface area contributed by atoms with Gasteiger partial charge in [-0.3, -0.25) is 9.88 Å². The Morgan fingerprint density at radius 1 is 1.03 bits per heavy atom. The summed E-state index contributed by atoms with van der Waals surface area (Å²) >= 11 is 0. The number of carbonyl (C=O) groups excluding carboxylic acids is 1. The summed E-state index contributed by atoms with van der Waals surface area (Å²) in [5.74, 6) is 0. The van der Waals surface area contributed by atoms with Crippen LogP contribution in [-0.2, 0) is 6.54 Å². The zero-order chi connectivity index (χ0) is 20.9. The zero-order valence-electron chi connectivity index (χ0n) is 18.0. The molecule has 7 heteroatoms. The van der Waals surface area contributed by atoms with Crippen LogP contribution < -0.4 is 10.2 Å². The molecule has 2 aliphatic heterocycles. The average Bonchev–Trinajstić information content (AvgIpc) is 3.26. The van der Waals surface area contributed by atoms with E-state index in [1.165, 1.54) is 17.7 Å². The minimum Gasteiger partial charge on any atom is -0.370 e. The van der Waals surface area contributed by atoms with Crippen molar-refractivity contribution in [2.45, 2.75) is 19.0 Å². The number of amides is 2. The third-order valence-corrected chi connectivity index (χ3v) is 6.19. The summed E-state index contributed by atoms with van der Waals surface area (Å²) < 4.78 is 0. The van der Waals surface area contributed by atoms with Crippen molar-refractivity contribution < 1.29 is 4.79 Å². The molecule has 2 aliphatic rings. The second-order valence-electron chi connectivity index (χ2n) is 8.45. The highest BCUT2D eigenvalue weighted by molar-refractivity contribution is 5.89. The van der Waals surface area contributed by atoms with Crippen LogP contribution in [0.3, 0.4) is 0 Å². The summed E-state index contributed by atoms with van der Waals surface area (Å²) in [6, 6.07) is 12.9. The highest BCUT2D eigenvalue weighted by Crippen LogP contribution is 2.24. The topological polar surface area (TPSA) is 55.0 Å². The second kappa shape index (κ2) is 9.45. The van der Waals surface area contributed by atoms with Crippen molar-refractivity contribution in [2.75, 3.05) is 63.6 Å². The Balaban J connectivity index is 1.24. The van der Waals surface area contributed by atoms with Gasteiger partial charge in [0.2, 0.25) is 0 Å². The molecule has 30 heavy (non-hydrogen) atoms. The van der Waals surface area contributed by atoms with Crippen molar-refractivity contribution in [1.82, 2.24) is 19.7 Å². The molecule has 1 aromatic carbocycles. The van der Waals surface area contributed by atoms with E-state index in [1.807, 2.05) is 41.6 Å². The number of benzene rings is 1. The number of anilines is 2. The lowest BCUT2D eigenvalue weighted by Crippen LogP contribution is -2.49. The molecule has 1 N–H and O–H groups in total. The quantitative estimate of drug-likeness (QED) is 0.824. The molecule has 160 valence electrons. The second-order valence-corrected chi connectivity index (χ2v) is 8.45. The van der Waals surface area contributed by atoms with Crippen LogP contribution in [0.1, 0.15) is 12.0 Å². The van der Waals surface area contributed by atoms with Gasteiger partial charge in [-0.05, 0) is 62.5 Å². The van der Waals surface area contributed by atoms with Gasteiger partial charge in [0.15, 0.2) is 0 Å². The number of piperazine rings is 1. The monoisotopic (exact) mass is 408 g/mol. The molecule has 1 aromatic heterocycles. The molecule has 1 unspecified atom stereocenters. The van der Waals surface area contributed by atoms with E-state index in [0.717, 1.165) is 51.5 Å². The van der Waals surface area contributed by atoms with Gasteiger partial charge in [-0.1, -0.05) is 0 Å². The molecular formula is C23H32N6O. The van der Waals surface area contributed by atoms with Crippen molar-refractivity contribution in [3.05, 3.63) is 54.4 Å². The highest BCUT2D eigenvalue weighted by atomic mass is 16.2. The Bertz CT molecular complexity index is 817. The number of hydrogen-bond acceptors (Lipinski definition) is 5. The molecule has 0 aliphatic carbocycles. The maximum atomic E-state index is 12.7. The number of likely N-dealkylation sites (N-methyl/N-ethyl adjacent to an activating group) is 1. The first-order chi connectivity index (χ1) is 14.6. The Morgan fingerprint density at radius 2 is 1.73 bits per heavy atom. The number of nitrogens with one attached hydrogen (secondary N) is 1. The Labute approximate surface area is 179 Å². The minimum atomic E-state index is -0.0137. The van der Waals surface area contributed by atoms with Gasteiger partial charge in [0.1, 0.15) is 0 Å². The number of carbonyl (C=O) groups is 1. The lowest BCUT2D eigenvalue weighted by molar-refractivity contribution is 0.143. The van der Waals surface area contributed by atoms with Crippen LogP contribution in [0.2, 0.25) is 0 Å². The van der Waals surface area contributed by atoms with Crippen LogP contribution in [-0.4, -0.2) is 85.1 Å². The Morgan fingerprint density at radius 3 is 2.37 bits per heavy atom. The molecule has 1 atom stereocenters. The maximum absolute atomic E-state index is 12.7. The summed E-state index contributed by atoms with van der Waals surface area (Å²) in [5, 5.41) is 3.05. The molecule has 2 saturated heterocycles. The van der Waals surface area contributed by atoms with Gasteiger partial charge in [0.05, 0.1) is 0 Å². The first-order valence-corrected chi connectivity index (χ1v) is 10.8. The maximum Gasteiger partial charge on any atom is 0.321 e. The molecular weight excluding hydrogens is 376 g/mol. The van der Waals surface area contributed by atoms with Crippen molar-refractivity contribution in [3.8, 4) is 0 Å². The van der Waals surface area contributed by atoms with Crippen LogP contribution in [0.4, 0.5) is 16.2 Å². The normalized spacial score (nSPS) is 20.0. The van der Waals surface area contributed by atoms with E-state index in [2.05, 4.69) is 51.2 Å². The number of pyridine rings is 1. The fraction of sp³-hybridized carbons (Fsp3) is 0.478. The third-order valence-electron chi connectivity index (χ3n) is 6.19. The molecule has 4 rings (SSSR count). The van der Waals surface area contributed by atoms with Crippen molar-refractivity contribution in [3.63, 3.8) is 0 Å². The van der Waals surface area contributed by atoms with E-state index < -0.39 is 0 Å². The van der Waals surface area contributed by atoms with E-state index >= 15 is 0 Å². The summed E-state index contributed by atoms with van der Waals surface area (Å²) in [5.41, 5.74) is 3.34. The van der Waals surface area contributed by atoms with Crippen LogP contribution in [0, 0.1) is 0 Å². The fourth-order valence-electron chi connectivity index (χ4n) is 4.21. The van der Waals surface area contributed by atoms with E-state index in [0.29, 0.717) is 6.04 Å². The van der Waals surface area contributed by atoms with Crippen LogP contribution in [0.5, 0.6) is 0 Å². The van der Waals surface area contributed by atoms with Crippen LogP contribution >= 0.6 is 0 Å². The summed E-state index contributed by atoms with van der Waals surface area (Å²) in [4.78, 5) is 25.7. The third kappa shape index (κ3) is 5.09. The number of rotatable bonds is 5. The molecule has 3 heterocycles. The molecule has 0 saturated carbocycles. The summed E-state index contributed by atoms with van der Waals surface area (Å²) in [7, 11) is 4.29. The lowest BCUT2D eigenvalue weighted by Gasteiger charge is -2.34. The van der Waals surface area contributed by atoms with Crippen molar-refractivity contribution in [2.24, 2.45) is 0 Å². The number of urea groups is 1. The van der Waals surface area contributed by atoms with E-state index in [4.69, 9.17) is 0 Å². The van der Waals surface area contributed by atoms with Gasteiger partial charge < -0.3 is 20.0 Å². The SMILES string of the molecule is CN(C)C1CCN(c2ccc(NC(=O)N3CCN(Cc4ccncc4)CC3)cc2)C1. The zero-order valence-corrected chi connectivity index (χ0v) is 18.0. The summed E-state index contributed by atoms with van der Waals surface area (Å²) in [6.45, 7) is 6.31. The summed E-state index contributed by atoms with van der Waals surface area (Å²) in [6.07, 6.45) is 4.85. The average molecular weight is 409 g/mol. The van der Waals surface area contributed by atoms with Gasteiger partial charge in [-0.2, -0.15) is 0 Å². The predicted molar refractivity (Wildman–Crippen MR) is 121 cm³/mol. The largest absolute Gasteiger partial charge is 0.370 e. The van der Waals surface area contributed by atoms with Gasteiger partial charge in [-0.25, -0.2) is 4.79 Å². The van der Waals surface area contributed by atoms with E-state index in [9.17, 15) is 4.79 Å². The lowest BCUT2D eigenvalue weighted by atomic mass is 10.2. The molecule has 2 fully saturated rings. The van der Waals surface area contributed by atoms with E-state index in [1.54, 1.807) is 0 Å².